The van der Waals surface area contributed by atoms with Crippen molar-refractivity contribution >= 4 is 15.6 Å². The Bertz CT molecular complexity index is 1080. The molecule has 3 rings (SSSR count). The van der Waals surface area contributed by atoms with Crippen LogP contribution in [0, 0.1) is 0 Å². The Kier molecular flexibility index (Phi) is 6.73. The minimum absolute atomic E-state index is 0.134. The van der Waals surface area contributed by atoms with E-state index in [1.165, 1.54) is 0 Å². The minimum atomic E-state index is -3.75. The summed E-state index contributed by atoms with van der Waals surface area (Å²) in [6.07, 6.45) is -0.134. The zero-order valence-electron chi connectivity index (χ0n) is 17.4. The molecule has 0 radical (unpaired) electrons. The quantitative estimate of drug-likeness (QED) is 0.443. The van der Waals surface area contributed by atoms with E-state index in [0.29, 0.717) is 22.8 Å². The van der Waals surface area contributed by atoms with Gasteiger partial charge in [0.25, 0.3) is 0 Å². The molecule has 0 amide bonds. The lowest BCUT2D eigenvalue weighted by atomic mass is 9.98. The predicted octanol–water partition coefficient (Wildman–Crippen LogP) is 5.61. The van der Waals surface area contributed by atoms with Gasteiger partial charge in [-0.3, -0.25) is 4.79 Å². The Morgan fingerprint density at radius 3 is 1.93 bits per heavy atom. The summed E-state index contributed by atoms with van der Waals surface area (Å²) in [6, 6.07) is 22.5. The maximum absolute atomic E-state index is 13.4. The van der Waals surface area contributed by atoms with E-state index in [-0.39, 0.29) is 17.1 Å². The Labute approximate surface area is 178 Å². The smallest absolute Gasteiger partial charge is 0.185 e. The maximum Gasteiger partial charge on any atom is 0.185 e. The summed E-state index contributed by atoms with van der Waals surface area (Å²) in [7, 11) is -2.19. The summed E-state index contributed by atoms with van der Waals surface area (Å²) in [5, 5.41) is -0.962. The largest absolute Gasteiger partial charge is 0.497 e. The molecule has 0 unspecified atom stereocenters. The number of hydrogen-bond donors (Lipinski definition) is 0. The van der Waals surface area contributed by atoms with E-state index in [2.05, 4.69) is 13.8 Å². The van der Waals surface area contributed by atoms with Crippen LogP contribution in [0.2, 0.25) is 0 Å². The van der Waals surface area contributed by atoms with Crippen LogP contribution in [0.15, 0.2) is 83.8 Å². The van der Waals surface area contributed by atoms with Crippen molar-refractivity contribution in [1.29, 1.82) is 0 Å². The van der Waals surface area contributed by atoms with Crippen molar-refractivity contribution in [3.05, 3.63) is 95.6 Å². The molecule has 0 aliphatic carbocycles. The summed E-state index contributed by atoms with van der Waals surface area (Å²) < 4.78 is 32.0. The summed E-state index contributed by atoms with van der Waals surface area (Å²) in [4.78, 5) is 13.2. The van der Waals surface area contributed by atoms with Gasteiger partial charge >= 0.3 is 0 Å². The second kappa shape index (κ2) is 9.26. The van der Waals surface area contributed by atoms with E-state index in [4.69, 9.17) is 4.74 Å². The molecule has 5 heteroatoms. The molecular weight excluding hydrogens is 396 g/mol. The molecule has 0 aromatic heterocycles. The Hall–Kier alpha value is -2.92. The van der Waals surface area contributed by atoms with E-state index >= 15 is 0 Å². The van der Waals surface area contributed by atoms with Crippen molar-refractivity contribution in [2.75, 3.05) is 7.11 Å². The SMILES string of the molecule is COc1ccc(C(=O)C[C@@H](c2ccc(C(C)C)cc2)S(=O)(=O)c2ccccc2)cc1. The van der Waals surface area contributed by atoms with Gasteiger partial charge in [0, 0.05) is 12.0 Å². The molecule has 1 atom stereocenters. The monoisotopic (exact) mass is 422 g/mol. The van der Waals surface area contributed by atoms with Gasteiger partial charge in [-0.05, 0) is 53.4 Å². The number of benzene rings is 3. The van der Waals surface area contributed by atoms with Gasteiger partial charge in [-0.1, -0.05) is 56.3 Å². The third-order valence-electron chi connectivity index (χ3n) is 5.20. The molecule has 4 nitrogen and oxygen atoms in total. The molecule has 0 aliphatic rings. The fraction of sp³-hybridized carbons (Fsp3) is 0.240. The lowest BCUT2D eigenvalue weighted by molar-refractivity contribution is 0.0980. The first-order chi connectivity index (χ1) is 14.3. The number of rotatable bonds is 8. The summed E-state index contributed by atoms with van der Waals surface area (Å²) >= 11 is 0. The molecule has 156 valence electrons. The number of methoxy groups -OCH3 is 1. The number of sulfone groups is 1. The van der Waals surface area contributed by atoms with Crippen LogP contribution in [0.3, 0.4) is 0 Å². The molecule has 0 spiro atoms. The van der Waals surface area contributed by atoms with Crippen molar-refractivity contribution < 1.29 is 17.9 Å². The second-order valence-electron chi connectivity index (χ2n) is 7.52. The number of ketones is 1. The molecule has 3 aromatic carbocycles. The summed E-state index contributed by atoms with van der Waals surface area (Å²) in [5.41, 5.74) is 2.20. The molecule has 0 saturated heterocycles. The van der Waals surface area contributed by atoms with Crippen LogP contribution >= 0.6 is 0 Å². The van der Waals surface area contributed by atoms with Crippen molar-refractivity contribution in [3.63, 3.8) is 0 Å². The average Bonchev–Trinajstić information content (AvgIpc) is 2.78. The fourth-order valence-corrected chi connectivity index (χ4v) is 5.09. The molecule has 0 N–H and O–H groups in total. The third-order valence-corrected chi connectivity index (χ3v) is 7.32. The average molecular weight is 423 g/mol. The van der Waals surface area contributed by atoms with Crippen molar-refractivity contribution in [2.45, 2.75) is 36.3 Å². The predicted molar refractivity (Wildman–Crippen MR) is 119 cm³/mol. The van der Waals surface area contributed by atoms with Gasteiger partial charge in [-0.25, -0.2) is 8.42 Å². The zero-order valence-corrected chi connectivity index (χ0v) is 18.2. The highest BCUT2D eigenvalue weighted by atomic mass is 32.2. The molecule has 0 saturated carbocycles. The van der Waals surface area contributed by atoms with E-state index in [9.17, 15) is 13.2 Å². The Morgan fingerprint density at radius 2 is 1.40 bits per heavy atom. The first kappa shape index (κ1) is 21.8. The van der Waals surface area contributed by atoms with Crippen LogP contribution in [0.4, 0.5) is 0 Å². The van der Waals surface area contributed by atoms with Crippen LogP contribution < -0.4 is 4.74 Å². The number of Topliss-reactive ketones (excluding diaryl/α,β-unsaturated/α-hetero) is 1. The number of ether oxygens (including phenoxy) is 1. The van der Waals surface area contributed by atoms with Gasteiger partial charge in [0.05, 0.1) is 17.3 Å². The van der Waals surface area contributed by atoms with Gasteiger partial charge in [-0.2, -0.15) is 0 Å². The molecule has 30 heavy (non-hydrogen) atoms. The highest BCUT2D eigenvalue weighted by Gasteiger charge is 2.31. The summed E-state index contributed by atoms with van der Waals surface area (Å²) in [6.45, 7) is 4.17. The molecule has 0 heterocycles. The highest BCUT2D eigenvalue weighted by molar-refractivity contribution is 7.91. The van der Waals surface area contributed by atoms with Gasteiger partial charge in [0.1, 0.15) is 5.75 Å². The van der Waals surface area contributed by atoms with Crippen molar-refractivity contribution in [1.82, 2.24) is 0 Å². The lowest BCUT2D eigenvalue weighted by Gasteiger charge is -2.19. The standard InChI is InChI=1S/C25H26O4S/c1-18(2)19-9-11-21(12-10-19)25(30(27,28)23-7-5-4-6-8-23)17-24(26)20-13-15-22(29-3)16-14-20/h4-16,18,25H,17H2,1-3H3/t25-/m0/s1. The van der Waals surface area contributed by atoms with E-state index in [1.54, 1.807) is 61.7 Å². The molecule has 0 aliphatic heterocycles. The lowest BCUT2D eigenvalue weighted by Crippen LogP contribution is -2.18. The zero-order chi connectivity index (χ0) is 21.7. The van der Waals surface area contributed by atoms with E-state index < -0.39 is 15.1 Å². The number of carbonyl (C=O) groups is 1. The van der Waals surface area contributed by atoms with Crippen molar-refractivity contribution in [3.8, 4) is 5.75 Å². The highest BCUT2D eigenvalue weighted by Crippen LogP contribution is 2.34. The molecule has 0 bridgehead atoms. The fourth-order valence-electron chi connectivity index (χ4n) is 3.34. The van der Waals surface area contributed by atoms with E-state index in [1.807, 2.05) is 24.3 Å². The van der Waals surface area contributed by atoms with Crippen LogP contribution in [0.1, 0.15) is 52.9 Å². The van der Waals surface area contributed by atoms with Gasteiger partial charge in [0.2, 0.25) is 0 Å². The maximum atomic E-state index is 13.4. The molecule has 0 fully saturated rings. The first-order valence-corrected chi connectivity index (χ1v) is 11.4. The number of hydrogen-bond acceptors (Lipinski definition) is 4. The Balaban J connectivity index is 1.99. The Morgan fingerprint density at radius 1 is 0.833 bits per heavy atom. The topological polar surface area (TPSA) is 60.4 Å². The first-order valence-electron chi connectivity index (χ1n) is 9.89. The molecule has 3 aromatic rings. The molecular formula is C25H26O4S. The minimum Gasteiger partial charge on any atom is -0.497 e. The second-order valence-corrected chi connectivity index (χ2v) is 9.65. The van der Waals surface area contributed by atoms with Gasteiger partial charge < -0.3 is 4.74 Å². The van der Waals surface area contributed by atoms with Crippen LogP contribution in [0.5, 0.6) is 5.75 Å². The van der Waals surface area contributed by atoms with Crippen molar-refractivity contribution in [2.24, 2.45) is 0 Å². The van der Waals surface area contributed by atoms with Crippen LogP contribution in [-0.4, -0.2) is 21.3 Å². The van der Waals surface area contributed by atoms with E-state index in [0.717, 1.165) is 5.56 Å². The number of carbonyl (C=O) groups excluding carboxylic acids is 1. The van der Waals surface area contributed by atoms with Crippen LogP contribution in [0.25, 0.3) is 0 Å². The van der Waals surface area contributed by atoms with Gasteiger partial charge in [0.15, 0.2) is 15.6 Å². The van der Waals surface area contributed by atoms with Gasteiger partial charge in [-0.15, -0.1) is 0 Å². The third kappa shape index (κ3) is 4.79. The van der Waals surface area contributed by atoms with Crippen LogP contribution in [-0.2, 0) is 9.84 Å². The summed E-state index contributed by atoms with van der Waals surface area (Å²) in [5.74, 6) is 0.753. The normalized spacial score (nSPS) is 12.5.